The average molecular weight is 228 g/mol. The third-order valence-corrected chi connectivity index (χ3v) is 2.05. The maximum absolute atomic E-state index is 11.8. The Morgan fingerprint density at radius 1 is 1.50 bits per heavy atom. The van der Waals surface area contributed by atoms with Gasteiger partial charge in [-0.25, -0.2) is 0 Å². The van der Waals surface area contributed by atoms with Gasteiger partial charge in [0.25, 0.3) is 0 Å². The topological polar surface area (TPSA) is 26.3 Å². The molecule has 0 amide bonds. The molecule has 2 heteroatoms. The molecule has 0 spiro atoms. The molecule has 0 aliphatic heterocycles. The van der Waals surface area contributed by atoms with Gasteiger partial charge in [0.2, 0.25) is 0 Å². The fourth-order valence-corrected chi connectivity index (χ4v) is 1.25. The molecule has 0 aromatic heterocycles. The summed E-state index contributed by atoms with van der Waals surface area (Å²) in [6.07, 6.45) is -18.0. The van der Waals surface area contributed by atoms with Crippen molar-refractivity contribution < 1.29 is 23.2 Å². The second-order valence-electron chi connectivity index (χ2n) is 3.16. The lowest BCUT2D eigenvalue weighted by atomic mass is 9.87. The Kier molecular flexibility index (Phi) is 1.55. The van der Waals surface area contributed by atoms with Crippen LogP contribution in [-0.4, -0.2) is 12.3 Å². The first-order valence-corrected chi connectivity index (χ1v) is 4.79. The van der Waals surface area contributed by atoms with Crippen LogP contribution in [0.15, 0.2) is 30.3 Å². The summed E-state index contributed by atoms with van der Waals surface area (Å²) in [5, 5.41) is 0. The van der Waals surface area contributed by atoms with Gasteiger partial charge in [0.15, 0.2) is 0 Å². The van der Waals surface area contributed by atoms with Gasteiger partial charge in [0.1, 0.15) is 7.63 Å². The van der Waals surface area contributed by atoms with Crippen LogP contribution in [0.3, 0.4) is 0 Å². The van der Waals surface area contributed by atoms with E-state index in [-0.39, 0.29) is 0 Å². The maximum Gasteiger partial charge on any atom is 0.125 e. The van der Waals surface area contributed by atoms with Crippen molar-refractivity contribution >= 4 is 6.26 Å². The van der Waals surface area contributed by atoms with Crippen LogP contribution in [-0.2, 0) is 16.1 Å². The first-order valence-electron chi connectivity index (χ1n) is 9.87. The largest absolute Gasteiger partial charge is 0.373 e. The Morgan fingerprint density at radius 3 is 3.06 bits per heavy atom. The highest BCUT2D eigenvalue weighted by atomic mass is 16.5. The van der Waals surface area contributed by atoms with Crippen LogP contribution in [0.1, 0.15) is 44.8 Å². The SMILES string of the molecule is [2H]C(=O)C1([2H])C([2H])C([2H])([2H])C([2H])([2H])C([2H])([2H])C1([2H])OCc1ccccc1. The average Bonchev–Trinajstić information content (AvgIpc) is 2.57. The van der Waals surface area contributed by atoms with Crippen LogP contribution < -0.4 is 0 Å². The standard InChI is InChI=1S/C14H18O2/c15-10-13-8-4-5-9-14(13)16-11-12-6-2-1-3-7-12/h1-3,6-7,10,13-14H,4-5,8-9,11H2/i4D2,5D2,8D,9D2,10D,13D,14D. The Bertz CT molecular complexity index is 694. The number of aldehydes is 1. The van der Waals surface area contributed by atoms with Crippen molar-refractivity contribution in [1.29, 1.82) is 0 Å². The molecule has 3 atom stereocenters. The van der Waals surface area contributed by atoms with Crippen molar-refractivity contribution in [1.82, 2.24) is 0 Å². The highest BCUT2D eigenvalue weighted by Gasteiger charge is 2.25. The number of benzene rings is 1. The number of ether oxygens (including phenoxy) is 1. The van der Waals surface area contributed by atoms with Crippen molar-refractivity contribution in [3.8, 4) is 0 Å². The summed E-state index contributed by atoms with van der Waals surface area (Å²) in [6.45, 7) is -0.483. The van der Waals surface area contributed by atoms with Crippen LogP contribution in [0.25, 0.3) is 0 Å². The van der Waals surface area contributed by atoms with E-state index < -0.39 is 50.4 Å². The van der Waals surface area contributed by atoms with E-state index in [0.717, 1.165) is 0 Å². The van der Waals surface area contributed by atoms with E-state index in [2.05, 4.69) is 0 Å². The van der Waals surface area contributed by atoms with Crippen molar-refractivity contribution in [2.75, 3.05) is 0 Å². The lowest BCUT2D eigenvalue weighted by Crippen LogP contribution is -2.28. The quantitative estimate of drug-likeness (QED) is 0.741. The van der Waals surface area contributed by atoms with Crippen LogP contribution in [0.5, 0.6) is 0 Å². The highest BCUT2D eigenvalue weighted by Crippen LogP contribution is 2.26. The normalized spacial score (nSPS) is 57.6. The van der Waals surface area contributed by atoms with E-state index in [0.29, 0.717) is 5.56 Å². The fraction of sp³-hybridized carbons (Fsp3) is 0.500. The first kappa shape index (κ1) is 4.26. The van der Waals surface area contributed by atoms with Gasteiger partial charge in [-0.3, -0.25) is 0 Å². The predicted octanol–water partition coefficient (Wildman–Crippen LogP) is 2.96. The molecule has 2 rings (SSSR count). The first-order chi connectivity index (χ1) is 11.7. The summed E-state index contributed by atoms with van der Waals surface area (Å²) in [5.74, 6) is -3.31. The lowest BCUT2D eigenvalue weighted by Gasteiger charge is -2.27. The summed E-state index contributed by atoms with van der Waals surface area (Å²) in [4.78, 5) is 11.8. The number of hydrogen-bond donors (Lipinski definition) is 0. The molecule has 1 saturated carbocycles. The second-order valence-corrected chi connectivity index (χ2v) is 3.16. The molecule has 16 heavy (non-hydrogen) atoms. The Labute approximate surface area is 111 Å². The lowest BCUT2D eigenvalue weighted by molar-refractivity contribution is -0.118. The molecule has 0 saturated heterocycles. The third kappa shape index (κ3) is 2.92. The zero-order valence-corrected chi connectivity index (χ0v) is 8.49. The molecule has 86 valence electrons. The van der Waals surface area contributed by atoms with Crippen molar-refractivity contribution in [2.45, 2.75) is 38.2 Å². The zero-order valence-electron chi connectivity index (χ0n) is 18.5. The van der Waals surface area contributed by atoms with E-state index in [1.54, 1.807) is 30.3 Å². The number of carbonyl (C=O) groups is 1. The Hall–Kier alpha value is -1.15. The Balaban J connectivity index is 2.62. The molecule has 1 aliphatic carbocycles. The van der Waals surface area contributed by atoms with Crippen LogP contribution in [0, 0.1) is 5.89 Å². The van der Waals surface area contributed by atoms with Crippen LogP contribution in [0.2, 0.25) is 0 Å². The van der Waals surface area contributed by atoms with Gasteiger partial charge in [-0.2, -0.15) is 0 Å². The second kappa shape index (κ2) is 5.80. The van der Waals surface area contributed by atoms with Crippen LogP contribution in [0.4, 0.5) is 0 Å². The molecule has 0 bridgehead atoms. The molecule has 0 N–H and O–H groups in total. The Morgan fingerprint density at radius 2 is 2.31 bits per heavy atom. The fourth-order valence-electron chi connectivity index (χ4n) is 1.25. The van der Waals surface area contributed by atoms with E-state index in [9.17, 15) is 4.79 Å². The molecular formula is C14H18O2. The number of hydrogen-bond acceptors (Lipinski definition) is 2. The van der Waals surface area contributed by atoms with Gasteiger partial charge < -0.3 is 9.53 Å². The van der Waals surface area contributed by atoms with E-state index in [4.69, 9.17) is 18.4 Å². The van der Waals surface area contributed by atoms with Gasteiger partial charge in [-0.1, -0.05) is 43.1 Å². The summed E-state index contributed by atoms with van der Waals surface area (Å²) < 4.78 is 84.4. The number of rotatable bonds is 4. The van der Waals surface area contributed by atoms with E-state index in [1.807, 2.05) is 0 Å². The van der Waals surface area contributed by atoms with Gasteiger partial charge in [-0.05, 0) is 18.3 Å². The van der Waals surface area contributed by atoms with Gasteiger partial charge in [0, 0.05) is 16.9 Å². The molecule has 1 aromatic rings. The molecule has 0 radical (unpaired) electrons. The molecule has 2 nitrogen and oxygen atoms in total. The summed E-state index contributed by atoms with van der Waals surface area (Å²) in [5.41, 5.74) is 0.436. The molecule has 1 aromatic carbocycles. The van der Waals surface area contributed by atoms with E-state index in [1.165, 1.54) is 0 Å². The van der Waals surface area contributed by atoms with Gasteiger partial charge in [-0.15, -0.1) is 0 Å². The molecular weight excluding hydrogens is 200 g/mol. The predicted molar refractivity (Wildman–Crippen MR) is 63.0 cm³/mol. The monoisotopic (exact) mass is 228 g/mol. The summed E-state index contributed by atoms with van der Waals surface area (Å²) in [6, 6.07) is 8.05. The highest BCUT2D eigenvalue weighted by molar-refractivity contribution is 5.54. The molecule has 1 aliphatic rings. The van der Waals surface area contributed by atoms with Gasteiger partial charge >= 0.3 is 0 Å². The van der Waals surface area contributed by atoms with Crippen molar-refractivity contribution in [3.05, 3.63) is 35.9 Å². The van der Waals surface area contributed by atoms with Crippen molar-refractivity contribution in [2.24, 2.45) is 5.89 Å². The zero-order chi connectivity index (χ0) is 20.2. The molecule has 0 heterocycles. The maximum atomic E-state index is 11.8. The smallest absolute Gasteiger partial charge is 0.125 e. The van der Waals surface area contributed by atoms with Crippen LogP contribution >= 0.6 is 0 Å². The summed E-state index contributed by atoms with van der Waals surface area (Å²) in [7, 11) is 0. The third-order valence-electron chi connectivity index (χ3n) is 2.05. The number of carbonyl (C=O) groups excluding carboxylic acids is 1. The van der Waals surface area contributed by atoms with Gasteiger partial charge in [0.05, 0.1) is 14.1 Å². The van der Waals surface area contributed by atoms with Crippen molar-refractivity contribution in [3.63, 3.8) is 0 Å². The summed E-state index contributed by atoms with van der Waals surface area (Å²) >= 11 is 0. The molecule has 3 unspecified atom stereocenters. The minimum absolute atomic E-state index is 0.436. The minimum Gasteiger partial charge on any atom is -0.373 e. The minimum atomic E-state index is -3.51. The van der Waals surface area contributed by atoms with E-state index >= 15 is 0 Å². The molecule has 1 fully saturated rings.